The predicted molar refractivity (Wildman–Crippen MR) is 124 cm³/mol. The molecule has 2 aromatic heterocycles. The Kier molecular flexibility index (Phi) is 5.83. The number of H-pyrrole nitrogens is 1. The third-order valence-electron chi connectivity index (χ3n) is 5.23. The molecule has 0 atom stereocenters. The lowest BCUT2D eigenvalue weighted by atomic mass is 9.99. The average molecular weight is 426 g/mol. The van der Waals surface area contributed by atoms with Crippen molar-refractivity contribution in [2.24, 2.45) is 12.8 Å². The summed E-state index contributed by atoms with van der Waals surface area (Å²) in [6.07, 6.45) is 3.55. The van der Waals surface area contributed by atoms with Crippen LogP contribution in [0.5, 0.6) is 5.75 Å². The summed E-state index contributed by atoms with van der Waals surface area (Å²) in [5, 5.41) is 21.9. The number of hydrogen-bond donors (Lipinski definition) is 2. The Hall–Kier alpha value is -4.22. The van der Waals surface area contributed by atoms with Crippen molar-refractivity contribution in [3.05, 3.63) is 76.0 Å². The summed E-state index contributed by atoms with van der Waals surface area (Å²) in [7, 11) is 1.82. The van der Waals surface area contributed by atoms with Crippen molar-refractivity contribution in [1.82, 2.24) is 20.0 Å². The lowest BCUT2D eigenvalue weighted by Crippen LogP contribution is -2.13. The van der Waals surface area contributed by atoms with Crippen LogP contribution in [0.3, 0.4) is 0 Å². The van der Waals surface area contributed by atoms with Crippen molar-refractivity contribution >= 4 is 22.4 Å². The molecule has 2 aromatic carbocycles. The van der Waals surface area contributed by atoms with Crippen LogP contribution in [0.2, 0.25) is 0 Å². The van der Waals surface area contributed by atoms with Gasteiger partial charge in [0.25, 0.3) is 5.56 Å². The van der Waals surface area contributed by atoms with E-state index in [4.69, 9.17) is 10.5 Å². The van der Waals surface area contributed by atoms with Gasteiger partial charge in [-0.15, -0.1) is 0 Å². The summed E-state index contributed by atoms with van der Waals surface area (Å²) in [6, 6.07) is 15.2. The monoisotopic (exact) mass is 426 g/mol. The zero-order valence-electron chi connectivity index (χ0n) is 17.8. The third kappa shape index (κ3) is 3.89. The summed E-state index contributed by atoms with van der Waals surface area (Å²) in [4.78, 5) is 12.1. The summed E-state index contributed by atoms with van der Waals surface area (Å²) in [6.45, 7) is 2.71. The average Bonchev–Trinajstić information content (AvgIpc) is 3.18. The Morgan fingerprint density at radius 1 is 1.25 bits per heavy atom. The molecule has 0 amide bonds. The number of nitrogens with two attached hydrogens (primary N) is 1. The molecule has 0 spiro atoms. The van der Waals surface area contributed by atoms with E-state index in [0.717, 1.165) is 28.1 Å². The van der Waals surface area contributed by atoms with E-state index in [1.807, 2.05) is 56.4 Å². The molecule has 4 aromatic rings. The van der Waals surface area contributed by atoms with Crippen LogP contribution in [0.25, 0.3) is 33.5 Å². The molecule has 0 fully saturated rings. The van der Waals surface area contributed by atoms with Gasteiger partial charge in [0.1, 0.15) is 5.75 Å². The van der Waals surface area contributed by atoms with Crippen molar-refractivity contribution in [2.75, 3.05) is 6.61 Å². The topological polar surface area (TPSA) is 123 Å². The Balaban J connectivity index is 1.81. The number of aryl methyl sites for hydroxylation is 1. The number of rotatable bonds is 6. The van der Waals surface area contributed by atoms with Crippen molar-refractivity contribution in [2.45, 2.75) is 13.5 Å². The van der Waals surface area contributed by atoms with E-state index in [1.54, 1.807) is 16.9 Å². The Bertz CT molecular complexity index is 1410. The Morgan fingerprint density at radius 2 is 2.03 bits per heavy atom. The lowest BCUT2D eigenvalue weighted by Gasteiger charge is -2.08. The fraction of sp³-hybridized carbons (Fsp3) is 0.167. The number of nitrogens with one attached hydrogen (secondary N) is 1. The molecule has 0 aliphatic carbocycles. The second-order valence-electron chi connectivity index (χ2n) is 7.16. The van der Waals surface area contributed by atoms with Gasteiger partial charge < -0.3 is 10.5 Å². The SMILES string of the molecule is CCOc1ccc(/C(C#N)=C/c2c(-c3ccc4c(=O)[nH]nc(CN)c4c3)cnn2C)cc1. The van der Waals surface area contributed by atoms with Crippen LogP contribution in [0.4, 0.5) is 0 Å². The highest BCUT2D eigenvalue weighted by Crippen LogP contribution is 2.30. The predicted octanol–water partition coefficient (Wildman–Crippen LogP) is 3.25. The molecule has 0 saturated heterocycles. The van der Waals surface area contributed by atoms with Crippen LogP contribution in [0.15, 0.2) is 53.5 Å². The highest BCUT2D eigenvalue weighted by atomic mass is 16.5. The summed E-state index contributed by atoms with van der Waals surface area (Å²) >= 11 is 0. The molecular weight excluding hydrogens is 404 g/mol. The van der Waals surface area contributed by atoms with E-state index in [-0.39, 0.29) is 12.1 Å². The normalized spacial score (nSPS) is 11.5. The molecular formula is C24H22N6O2. The molecule has 160 valence electrons. The van der Waals surface area contributed by atoms with Gasteiger partial charge in [-0.3, -0.25) is 9.48 Å². The fourth-order valence-corrected chi connectivity index (χ4v) is 3.60. The van der Waals surface area contributed by atoms with E-state index in [0.29, 0.717) is 28.6 Å². The van der Waals surface area contributed by atoms with E-state index in [9.17, 15) is 10.1 Å². The number of allylic oxidation sites excluding steroid dienone is 1. The van der Waals surface area contributed by atoms with E-state index < -0.39 is 0 Å². The van der Waals surface area contributed by atoms with Gasteiger partial charge in [0.15, 0.2) is 0 Å². The molecule has 3 N–H and O–H groups in total. The van der Waals surface area contributed by atoms with Gasteiger partial charge in [0.2, 0.25) is 0 Å². The minimum Gasteiger partial charge on any atom is -0.494 e. The molecule has 32 heavy (non-hydrogen) atoms. The number of nitrogens with zero attached hydrogens (tertiary/aromatic N) is 4. The number of ether oxygens (including phenoxy) is 1. The molecule has 2 heterocycles. The summed E-state index contributed by atoms with van der Waals surface area (Å²) < 4.78 is 7.20. The highest BCUT2D eigenvalue weighted by molar-refractivity contribution is 5.94. The fourth-order valence-electron chi connectivity index (χ4n) is 3.60. The Labute approximate surface area is 184 Å². The maximum Gasteiger partial charge on any atom is 0.272 e. The summed E-state index contributed by atoms with van der Waals surface area (Å²) in [5.41, 5.74) is 9.88. The second-order valence-corrected chi connectivity index (χ2v) is 7.16. The number of aromatic nitrogens is 4. The van der Waals surface area contributed by atoms with Crippen molar-refractivity contribution in [1.29, 1.82) is 5.26 Å². The van der Waals surface area contributed by atoms with Gasteiger partial charge in [0.05, 0.1) is 41.2 Å². The lowest BCUT2D eigenvalue weighted by molar-refractivity contribution is 0.340. The number of hydrogen-bond acceptors (Lipinski definition) is 6. The zero-order chi connectivity index (χ0) is 22.7. The first-order chi connectivity index (χ1) is 15.5. The quantitative estimate of drug-likeness (QED) is 0.456. The number of benzene rings is 2. The molecule has 0 bridgehead atoms. The van der Waals surface area contributed by atoms with Crippen molar-refractivity contribution in [3.8, 4) is 22.9 Å². The van der Waals surface area contributed by atoms with Gasteiger partial charge in [-0.1, -0.05) is 6.07 Å². The van der Waals surface area contributed by atoms with Gasteiger partial charge in [-0.05, 0) is 60.5 Å². The van der Waals surface area contributed by atoms with Crippen molar-refractivity contribution < 1.29 is 4.74 Å². The van der Waals surface area contributed by atoms with Crippen LogP contribution >= 0.6 is 0 Å². The molecule has 8 heteroatoms. The van der Waals surface area contributed by atoms with Gasteiger partial charge >= 0.3 is 0 Å². The van der Waals surface area contributed by atoms with Crippen LogP contribution in [0.1, 0.15) is 23.9 Å². The van der Waals surface area contributed by atoms with Crippen LogP contribution in [0, 0.1) is 11.3 Å². The smallest absolute Gasteiger partial charge is 0.272 e. The van der Waals surface area contributed by atoms with E-state index in [2.05, 4.69) is 21.4 Å². The molecule has 0 radical (unpaired) electrons. The first kappa shape index (κ1) is 21.0. The number of nitriles is 1. The van der Waals surface area contributed by atoms with Gasteiger partial charge in [0, 0.05) is 24.5 Å². The minimum atomic E-state index is -0.266. The van der Waals surface area contributed by atoms with Gasteiger partial charge in [-0.25, -0.2) is 5.10 Å². The van der Waals surface area contributed by atoms with Crippen LogP contribution in [-0.4, -0.2) is 26.6 Å². The molecule has 8 nitrogen and oxygen atoms in total. The maximum atomic E-state index is 12.1. The first-order valence-corrected chi connectivity index (χ1v) is 10.1. The Morgan fingerprint density at radius 3 is 2.72 bits per heavy atom. The second kappa shape index (κ2) is 8.88. The molecule has 0 saturated carbocycles. The van der Waals surface area contributed by atoms with Gasteiger partial charge in [-0.2, -0.15) is 15.5 Å². The van der Waals surface area contributed by atoms with Crippen LogP contribution < -0.4 is 16.0 Å². The van der Waals surface area contributed by atoms with E-state index >= 15 is 0 Å². The number of fused-ring (bicyclic) bond motifs is 1. The van der Waals surface area contributed by atoms with Crippen LogP contribution in [-0.2, 0) is 13.6 Å². The molecule has 0 aliphatic rings. The number of aromatic amines is 1. The first-order valence-electron chi connectivity index (χ1n) is 10.1. The van der Waals surface area contributed by atoms with Crippen molar-refractivity contribution in [3.63, 3.8) is 0 Å². The molecule has 4 rings (SSSR count). The molecule has 0 aliphatic heterocycles. The largest absolute Gasteiger partial charge is 0.494 e. The maximum absolute atomic E-state index is 12.1. The summed E-state index contributed by atoms with van der Waals surface area (Å²) in [5.74, 6) is 0.755. The standard InChI is InChI=1S/C24H22N6O2/c1-3-32-18-7-4-15(5-8-18)17(12-25)11-23-21(14-27-30(23)2)16-6-9-19-20(10-16)22(13-26)28-29-24(19)31/h4-11,14H,3,13,26H2,1-2H3,(H,29,31)/b17-11+. The third-order valence-corrected chi connectivity index (χ3v) is 5.23. The van der Waals surface area contributed by atoms with E-state index in [1.165, 1.54) is 0 Å². The highest BCUT2D eigenvalue weighted by Gasteiger charge is 2.14. The minimum absolute atomic E-state index is 0.201. The molecule has 0 unspecified atom stereocenters. The zero-order valence-corrected chi connectivity index (χ0v) is 17.8.